The number of rotatable bonds is 5. The van der Waals surface area contributed by atoms with Crippen molar-refractivity contribution in [3.8, 4) is 0 Å². The van der Waals surface area contributed by atoms with Crippen LogP contribution in [0.3, 0.4) is 0 Å². The van der Waals surface area contributed by atoms with Gasteiger partial charge in [-0.25, -0.2) is 17.9 Å². The Morgan fingerprint density at radius 2 is 1.71 bits per heavy atom. The van der Waals surface area contributed by atoms with E-state index in [-0.39, 0.29) is 28.9 Å². The number of hydrogen-bond acceptors (Lipinski definition) is 5. The van der Waals surface area contributed by atoms with Crippen LogP contribution in [0.15, 0.2) is 51.1 Å². The van der Waals surface area contributed by atoms with E-state index in [0.29, 0.717) is 23.3 Å². The molecule has 1 amide bonds. The molecule has 1 fully saturated rings. The van der Waals surface area contributed by atoms with Gasteiger partial charge in [0.1, 0.15) is 0 Å². The molecule has 0 atom stereocenters. The predicted octanol–water partition coefficient (Wildman–Crippen LogP) is 5.00. The van der Waals surface area contributed by atoms with Crippen molar-refractivity contribution < 1.29 is 27.4 Å². The van der Waals surface area contributed by atoms with Crippen LogP contribution in [0.4, 0.5) is 4.79 Å². The normalized spacial score (nSPS) is 20.3. The average molecular weight is 509 g/mol. The second-order valence-electron chi connectivity index (χ2n) is 9.11. The Labute approximate surface area is 202 Å². The Balaban J connectivity index is 1.77. The molecule has 1 saturated heterocycles. The number of nitrogens with one attached hydrogen (secondary N) is 1. The summed E-state index contributed by atoms with van der Waals surface area (Å²) < 4.78 is 52.2. The van der Waals surface area contributed by atoms with Crippen LogP contribution in [-0.4, -0.2) is 52.8 Å². The fraction of sp³-hybridized carbons (Fsp3) is 0.458. The third kappa shape index (κ3) is 3.91. The topological polar surface area (TPSA) is 127 Å². The molecule has 2 aliphatic rings. The largest absolute Gasteiger partial charge is 0.465 e. The van der Waals surface area contributed by atoms with E-state index < -0.39 is 32.1 Å². The summed E-state index contributed by atoms with van der Waals surface area (Å²) in [5, 5.41) is 9.13. The van der Waals surface area contributed by atoms with Crippen LogP contribution in [0, 0.1) is 6.92 Å². The predicted molar refractivity (Wildman–Crippen MR) is 131 cm³/mol. The van der Waals surface area contributed by atoms with Crippen LogP contribution >= 0.6 is 10.6 Å². The zero-order valence-electron chi connectivity index (χ0n) is 19.6. The van der Waals surface area contributed by atoms with E-state index in [0.717, 1.165) is 24.0 Å². The molecule has 10 heteroatoms. The molecule has 2 heterocycles. The molecule has 0 spiro atoms. The van der Waals surface area contributed by atoms with Gasteiger partial charge in [0.25, 0.3) is 0 Å². The highest BCUT2D eigenvalue weighted by atomic mass is 32.3. The van der Waals surface area contributed by atoms with Crippen LogP contribution < -0.4 is 4.72 Å². The quantitative estimate of drug-likeness (QED) is 0.450. The van der Waals surface area contributed by atoms with Gasteiger partial charge in [0, 0.05) is 24.5 Å². The van der Waals surface area contributed by atoms with Crippen LogP contribution in [-0.2, 0) is 15.4 Å². The summed E-state index contributed by atoms with van der Waals surface area (Å²) in [5.41, 5.74) is 1.74. The molecule has 2 aromatic carbocycles. The second-order valence-corrected chi connectivity index (χ2v) is 12.8. The van der Waals surface area contributed by atoms with Gasteiger partial charge in [0.2, 0.25) is 10.0 Å². The van der Waals surface area contributed by atoms with E-state index in [9.17, 15) is 22.3 Å². The molecular weight excluding hydrogens is 476 g/mol. The van der Waals surface area contributed by atoms with E-state index in [1.54, 1.807) is 25.1 Å². The SMILES string of the molecule is CCC1(CC)c2ccccc2S(O)(O)c2cc(S(=O)(=O)NC3CCN(C(=O)O)CC3)c(C)cc21. The third-order valence-corrected chi connectivity index (χ3v) is 11.0. The molecule has 34 heavy (non-hydrogen) atoms. The average Bonchev–Trinajstić information content (AvgIpc) is 2.80. The molecule has 0 unspecified atom stereocenters. The number of benzene rings is 2. The number of carbonyl (C=O) groups is 1. The molecule has 0 aromatic heterocycles. The van der Waals surface area contributed by atoms with Crippen molar-refractivity contribution in [2.45, 2.75) is 72.6 Å². The number of sulfonamides is 1. The summed E-state index contributed by atoms with van der Waals surface area (Å²) in [6, 6.07) is 10.2. The van der Waals surface area contributed by atoms with Gasteiger partial charge >= 0.3 is 6.09 Å². The summed E-state index contributed by atoms with van der Waals surface area (Å²) in [5.74, 6) is 0. The summed E-state index contributed by atoms with van der Waals surface area (Å²) in [6.07, 6.45) is 1.22. The lowest BCUT2D eigenvalue weighted by Crippen LogP contribution is -2.46. The van der Waals surface area contributed by atoms with Gasteiger partial charge in [-0.3, -0.25) is 9.11 Å². The molecule has 0 aliphatic carbocycles. The maximum absolute atomic E-state index is 13.4. The maximum atomic E-state index is 13.4. The van der Waals surface area contributed by atoms with Gasteiger partial charge in [-0.1, -0.05) is 38.1 Å². The molecule has 0 radical (unpaired) electrons. The van der Waals surface area contributed by atoms with Crippen LogP contribution in [0.2, 0.25) is 0 Å². The number of fused-ring (bicyclic) bond motifs is 2. The lowest BCUT2D eigenvalue weighted by Gasteiger charge is -2.48. The number of aryl methyl sites for hydroxylation is 1. The second kappa shape index (κ2) is 8.83. The van der Waals surface area contributed by atoms with Gasteiger partial charge in [-0.2, -0.15) is 0 Å². The first kappa shape index (κ1) is 25.0. The van der Waals surface area contributed by atoms with E-state index in [1.807, 2.05) is 12.1 Å². The van der Waals surface area contributed by atoms with Gasteiger partial charge in [-0.05, 0) is 61.4 Å². The zero-order chi connectivity index (χ0) is 24.9. The third-order valence-electron chi connectivity index (χ3n) is 7.39. The number of nitrogens with zero attached hydrogens (tertiary/aromatic N) is 1. The Morgan fingerprint density at radius 1 is 1.09 bits per heavy atom. The highest BCUT2D eigenvalue weighted by Crippen LogP contribution is 2.66. The Morgan fingerprint density at radius 3 is 2.29 bits per heavy atom. The number of amides is 1. The standard InChI is InChI=1S/C24H32N2O6S2/c1-4-24(5-2)18-8-6-7-9-20(18)33(29,30)22-15-21(16(3)14-19(22)24)34(31,32)25-17-10-12-26(13-11-17)23(27)28/h6-9,14-15,17,25,29-30H,4-5,10-13H2,1-3H3,(H,27,28). The van der Waals surface area contributed by atoms with Crippen LogP contribution in [0.25, 0.3) is 0 Å². The number of piperidine rings is 1. The van der Waals surface area contributed by atoms with E-state index in [4.69, 9.17) is 5.11 Å². The molecule has 4 rings (SSSR count). The number of likely N-dealkylation sites (tertiary alicyclic amines) is 1. The van der Waals surface area contributed by atoms with Crippen molar-refractivity contribution in [3.63, 3.8) is 0 Å². The zero-order valence-corrected chi connectivity index (χ0v) is 21.2. The van der Waals surface area contributed by atoms with Gasteiger partial charge < -0.3 is 10.0 Å². The fourth-order valence-electron chi connectivity index (χ4n) is 5.43. The monoisotopic (exact) mass is 508 g/mol. The smallest absolute Gasteiger partial charge is 0.407 e. The van der Waals surface area contributed by atoms with Crippen LogP contribution in [0.5, 0.6) is 0 Å². The minimum Gasteiger partial charge on any atom is -0.465 e. The first-order valence-corrected chi connectivity index (χ1v) is 14.5. The highest BCUT2D eigenvalue weighted by Gasteiger charge is 2.45. The summed E-state index contributed by atoms with van der Waals surface area (Å²) in [6.45, 7) is 6.37. The fourth-order valence-corrected chi connectivity index (χ4v) is 8.98. The van der Waals surface area contributed by atoms with Crippen molar-refractivity contribution in [2.24, 2.45) is 0 Å². The van der Waals surface area contributed by atoms with E-state index >= 15 is 0 Å². The lowest BCUT2D eigenvalue weighted by atomic mass is 9.70. The van der Waals surface area contributed by atoms with E-state index in [1.165, 1.54) is 11.0 Å². The molecular formula is C24H32N2O6S2. The maximum Gasteiger partial charge on any atom is 0.407 e. The van der Waals surface area contributed by atoms with Crippen molar-refractivity contribution in [3.05, 3.63) is 53.1 Å². The minimum atomic E-state index is -3.96. The minimum absolute atomic E-state index is 0.0207. The molecule has 2 aliphatic heterocycles. The van der Waals surface area contributed by atoms with Gasteiger partial charge in [0.15, 0.2) is 0 Å². The Bertz CT molecular complexity index is 1220. The highest BCUT2D eigenvalue weighted by molar-refractivity contribution is 8.24. The summed E-state index contributed by atoms with van der Waals surface area (Å²) in [7, 11) is -7.37. The lowest BCUT2D eigenvalue weighted by molar-refractivity contribution is 0.131. The van der Waals surface area contributed by atoms with Crippen molar-refractivity contribution in [1.82, 2.24) is 9.62 Å². The first-order valence-electron chi connectivity index (χ1n) is 11.5. The molecule has 0 saturated carbocycles. The molecule has 2 aromatic rings. The van der Waals surface area contributed by atoms with Crippen LogP contribution in [0.1, 0.15) is 56.2 Å². The Hall–Kier alpha value is -2.11. The molecule has 186 valence electrons. The molecule has 0 bridgehead atoms. The van der Waals surface area contributed by atoms with Crippen molar-refractivity contribution in [2.75, 3.05) is 13.1 Å². The summed E-state index contributed by atoms with van der Waals surface area (Å²) >= 11 is 0. The number of hydrogen-bond donors (Lipinski definition) is 4. The summed E-state index contributed by atoms with van der Waals surface area (Å²) in [4.78, 5) is 13.2. The number of carboxylic acid groups (broad SMARTS) is 1. The first-order chi connectivity index (χ1) is 16.0. The van der Waals surface area contributed by atoms with Crippen molar-refractivity contribution in [1.29, 1.82) is 0 Å². The van der Waals surface area contributed by atoms with Gasteiger partial charge in [0.05, 0.1) is 14.7 Å². The molecule has 8 nitrogen and oxygen atoms in total. The Kier molecular flexibility index (Phi) is 6.50. The van der Waals surface area contributed by atoms with E-state index in [2.05, 4.69) is 18.6 Å². The van der Waals surface area contributed by atoms with Gasteiger partial charge in [-0.15, -0.1) is 10.6 Å². The van der Waals surface area contributed by atoms with Crippen molar-refractivity contribution >= 4 is 26.7 Å². The molecule has 4 N–H and O–H groups in total.